The molecule has 0 aliphatic heterocycles. The SMILES string of the molecule is CCCNc1cc(Sc2ccccn2)nc(COCC)n1. The first kappa shape index (κ1) is 15.7. The highest BCUT2D eigenvalue weighted by molar-refractivity contribution is 7.99. The molecule has 0 atom stereocenters. The minimum absolute atomic E-state index is 0.425. The lowest BCUT2D eigenvalue weighted by Crippen LogP contribution is -2.07. The molecule has 0 aliphatic rings. The highest BCUT2D eigenvalue weighted by Crippen LogP contribution is 2.25. The van der Waals surface area contributed by atoms with Crippen LogP contribution in [0.4, 0.5) is 5.82 Å². The van der Waals surface area contributed by atoms with E-state index in [4.69, 9.17) is 4.74 Å². The van der Waals surface area contributed by atoms with Gasteiger partial charge in [0.05, 0.1) is 0 Å². The Morgan fingerprint density at radius 2 is 2.10 bits per heavy atom. The van der Waals surface area contributed by atoms with Crippen molar-refractivity contribution in [1.29, 1.82) is 0 Å². The van der Waals surface area contributed by atoms with Gasteiger partial charge in [0.15, 0.2) is 5.82 Å². The van der Waals surface area contributed by atoms with Gasteiger partial charge >= 0.3 is 0 Å². The number of hydrogen-bond donors (Lipinski definition) is 1. The van der Waals surface area contributed by atoms with E-state index in [0.29, 0.717) is 19.0 Å². The molecule has 2 aromatic heterocycles. The Kier molecular flexibility index (Phi) is 6.43. The lowest BCUT2D eigenvalue weighted by molar-refractivity contribution is 0.128. The number of nitrogens with one attached hydrogen (secondary N) is 1. The molecule has 0 bridgehead atoms. The third kappa shape index (κ3) is 5.32. The topological polar surface area (TPSA) is 59.9 Å². The molecular formula is C15H20N4OS. The Bertz CT molecular complexity index is 524. The second-order valence-electron chi connectivity index (χ2n) is 4.34. The Morgan fingerprint density at radius 1 is 1.19 bits per heavy atom. The molecule has 0 unspecified atom stereocenters. The van der Waals surface area contributed by atoms with Gasteiger partial charge in [0, 0.05) is 25.4 Å². The monoisotopic (exact) mass is 304 g/mol. The number of nitrogens with zero attached hydrogens (tertiary/aromatic N) is 3. The molecule has 0 aromatic carbocycles. The van der Waals surface area contributed by atoms with Crippen molar-refractivity contribution >= 4 is 17.6 Å². The first-order valence-electron chi connectivity index (χ1n) is 7.10. The second-order valence-corrected chi connectivity index (χ2v) is 5.38. The summed E-state index contributed by atoms with van der Waals surface area (Å²) in [4.78, 5) is 13.3. The van der Waals surface area contributed by atoms with Crippen LogP contribution >= 0.6 is 11.8 Å². The van der Waals surface area contributed by atoms with Crippen molar-refractivity contribution in [2.45, 2.75) is 36.9 Å². The predicted octanol–water partition coefficient (Wildman–Crippen LogP) is 3.38. The molecule has 0 amide bonds. The zero-order valence-corrected chi connectivity index (χ0v) is 13.2. The predicted molar refractivity (Wildman–Crippen MR) is 84.5 cm³/mol. The van der Waals surface area contributed by atoms with Crippen LogP contribution in [0.1, 0.15) is 26.1 Å². The first-order valence-corrected chi connectivity index (χ1v) is 7.92. The summed E-state index contributed by atoms with van der Waals surface area (Å²) in [5.41, 5.74) is 0. The van der Waals surface area contributed by atoms with Gasteiger partial charge < -0.3 is 10.1 Å². The van der Waals surface area contributed by atoms with E-state index in [1.54, 1.807) is 6.20 Å². The van der Waals surface area contributed by atoms with E-state index in [9.17, 15) is 0 Å². The Hall–Kier alpha value is -1.66. The maximum atomic E-state index is 5.41. The van der Waals surface area contributed by atoms with Crippen LogP contribution < -0.4 is 5.32 Å². The maximum absolute atomic E-state index is 5.41. The average molecular weight is 304 g/mol. The number of aromatic nitrogens is 3. The first-order chi connectivity index (χ1) is 10.3. The minimum atomic E-state index is 0.425. The summed E-state index contributed by atoms with van der Waals surface area (Å²) in [7, 11) is 0. The summed E-state index contributed by atoms with van der Waals surface area (Å²) < 4.78 is 5.41. The minimum Gasteiger partial charge on any atom is -0.374 e. The van der Waals surface area contributed by atoms with Gasteiger partial charge in [-0.2, -0.15) is 0 Å². The van der Waals surface area contributed by atoms with Crippen LogP contribution in [0.3, 0.4) is 0 Å². The molecule has 6 heteroatoms. The smallest absolute Gasteiger partial charge is 0.157 e. The summed E-state index contributed by atoms with van der Waals surface area (Å²) in [5.74, 6) is 1.52. The van der Waals surface area contributed by atoms with Crippen LogP contribution in [0.5, 0.6) is 0 Å². The van der Waals surface area contributed by atoms with Crippen LogP contribution in [0.15, 0.2) is 40.5 Å². The molecule has 0 saturated heterocycles. The van der Waals surface area contributed by atoms with Crippen molar-refractivity contribution in [1.82, 2.24) is 15.0 Å². The molecule has 0 radical (unpaired) electrons. The van der Waals surface area contributed by atoms with Gasteiger partial charge in [-0.15, -0.1) is 0 Å². The summed E-state index contributed by atoms with van der Waals surface area (Å²) in [6, 6.07) is 7.78. The average Bonchev–Trinajstić information content (AvgIpc) is 2.52. The number of pyridine rings is 1. The van der Waals surface area contributed by atoms with Gasteiger partial charge in [0.1, 0.15) is 22.5 Å². The van der Waals surface area contributed by atoms with E-state index in [1.165, 1.54) is 11.8 Å². The van der Waals surface area contributed by atoms with Crippen molar-refractivity contribution in [2.24, 2.45) is 0 Å². The van der Waals surface area contributed by atoms with Crippen molar-refractivity contribution in [3.05, 3.63) is 36.3 Å². The Morgan fingerprint density at radius 3 is 2.81 bits per heavy atom. The van der Waals surface area contributed by atoms with Gasteiger partial charge in [-0.3, -0.25) is 0 Å². The van der Waals surface area contributed by atoms with Crippen molar-refractivity contribution in [3.8, 4) is 0 Å². The standard InChI is InChI=1S/C15H20N4OS/c1-3-8-16-12-10-15(19-13(18-12)11-20-4-2)21-14-7-5-6-9-17-14/h5-7,9-10H,3-4,8,11H2,1-2H3,(H,16,18,19). The van der Waals surface area contributed by atoms with E-state index in [0.717, 1.165) is 28.8 Å². The van der Waals surface area contributed by atoms with E-state index in [2.05, 4.69) is 27.2 Å². The van der Waals surface area contributed by atoms with Crippen LogP contribution in [0, 0.1) is 0 Å². The number of ether oxygens (including phenoxy) is 1. The lowest BCUT2D eigenvalue weighted by atomic mass is 10.4. The second kappa shape index (κ2) is 8.59. The fourth-order valence-corrected chi connectivity index (χ4v) is 2.44. The molecule has 5 nitrogen and oxygen atoms in total. The van der Waals surface area contributed by atoms with Gasteiger partial charge in [-0.25, -0.2) is 15.0 Å². The quantitative estimate of drug-likeness (QED) is 0.754. The van der Waals surface area contributed by atoms with E-state index in [1.807, 2.05) is 31.2 Å². The molecule has 2 rings (SSSR count). The summed E-state index contributed by atoms with van der Waals surface area (Å²) in [5, 5.41) is 5.09. The zero-order chi connectivity index (χ0) is 14.9. The molecule has 2 aromatic rings. The van der Waals surface area contributed by atoms with Gasteiger partial charge in [0.25, 0.3) is 0 Å². The van der Waals surface area contributed by atoms with Crippen molar-refractivity contribution in [2.75, 3.05) is 18.5 Å². The summed E-state index contributed by atoms with van der Waals surface area (Å²) in [6.45, 7) is 6.05. The Labute approximate surface area is 129 Å². The molecule has 0 spiro atoms. The fourth-order valence-electron chi connectivity index (χ4n) is 1.64. The Balaban J connectivity index is 2.17. The molecule has 112 valence electrons. The number of rotatable bonds is 8. The fraction of sp³-hybridized carbons (Fsp3) is 0.400. The van der Waals surface area contributed by atoms with E-state index < -0.39 is 0 Å². The summed E-state index contributed by atoms with van der Waals surface area (Å²) >= 11 is 1.53. The van der Waals surface area contributed by atoms with Crippen molar-refractivity contribution in [3.63, 3.8) is 0 Å². The van der Waals surface area contributed by atoms with Gasteiger partial charge in [0.2, 0.25) is 0 Å². The van der Waals surface area contributed by atoms with E-state index in [-0.39, 0.29) is 0 Å². The number of hydrogen-bond acceptors (Lipinski definition) is 6. The van der Waals surface area contributed by atoms with E-state index >= 15 is 0 Å². The van der Waals surface area contributed by atoms with Gasteiger partial charge in [-0.1, -0.05) is 13.0 Å². The highest BCUT2D eigenvalue weighted by atomic mass is 32.2. The molecule has 2 heterocycles. The summed E-state index contributed by atoms with van der Waals surface area (Å²) in [6.07, 6.45) is 2.83. The lowest BCUT2D eigenvalue weighted by Gasteiger charge is -2.09. The zero-order valence-electron chi connectivity index (χ0n) is 12.4. The normalized spacial score (nSPS) is 10.6. The van der Waals surface area contributed by atoms with Crippen LogP contribution in [-0.2, 0) is 11.3 Å². The largest absolute Gasteiger partial charge is 0.374 e. The number of anilines is 1. The highest BCUT2D eigenvalue weighted by Gasteiger charge is 2.07. The third-order valence-corrected chi connectivity index (χ3v) is 3.46. The van der Waals surface area contributed by atoms with Crippen LogP contribution in [-0.4, -0.2) is 28.1 Å². The molecule has 21 heavy (non-hydrogen) atoms. The molecule has 1 N–H and O–H groups in total. The van der Waals surface area contributed by atoms with Gasteiger partial charge in [-0.05, 0) is 37.2 Å². The molecular weight excluding hydrogens is 284 g/mol. The van der Waals surface area contributed by atoms with Crippen LogP contribution in [0.25, 0.3) is 0 Å². The molecule has 0 saturated carbocycles. The third-order valence-electron chi connectivity index (χ3n) is 2.59. The molecule has 0 fully saturated rings. The van der Waals surface area contributed by atoms with Crippen LogP contribution in [0.2, 0.25) is 0 Å². The molecule has 0 aliphatic carbocycles. The van der Waals surface area contributed by atoms with Crippen molar-refractivity contribution < 1.29 is 4.74 Å². The maximum Gasteiger partial charge on any atom is 0.157 e.